The maximum atomic E-state index is 12.4. The van der Waals surface area contributed by atoms with E-state index < -0.39 is 10.0 Å². The lowest BCUT2D eigenvalue weighted by Crippen LogP contribution is -2.13. The second-order valence-corrected chi connectivity index (χ2v) is 7.89. The van der Waals surface area contributed by atoms with Crippen LogP contribution in [0.5, 0.6) is 0 Å². The number of thiophene rings is 1. The van der Waals surface area contributed by atoms with Gasteiger partial charge < -0.3 is 10.6 Å². The molecule has 1 aromatic carbocycles. The second-order valence-electron chi connectivity index (χ2n) is 4.81. The van der Waals surface area contributed by atoms with E-state index in [2.05, 4.69) is 4.72 Å². The summed E-state index contributed by atoms with van der Waals surface area (Å²) in [4.78, 5) is 2.89. The normalized spacial score (nSPS) is 11.4. The SMILES string of the molecule is CN(C)c1cccc(NS(=O)(=O)c2ccc(CCN)s2)c1. The average Bonchev–Trinajstić information content (AvgIpc) is 2.88. The molecule has 0 spiro atoms. The van der Waals surface area contributed by atoms with Gasteiger partial charge in [0.25, 0.3) is 10.0 Å². The molecule has 0 amide bonds. The van der Waals surface area contributed by atoms with E-state index in [-0.39, 0.29) is 0 Å². The summed E-state index contributed by atoms with van der Waals surface area (Å²) < 4.78 is 27.6. The number of nitrogens with one attached hydrogen (secondary N) is 1. The first-order chi connectivity index (χ1) is 9.92. The van der Waals surface area contributed by atoms with Crippen molar-refractivity contribution in [3.63, 3.8) is 0 Å². The van der Waals surface area contributed by atoms with E-state index in [1.807, 2.05) is 37.2 Å². The Kier molecular flexibility index (Phi) is 4.87. The van der Waals surface area contributed by atoms with Gasteiger partial charge in [0.2, 0.25) is 0 Å². The molecular formula is C14H19N3O2S2. The van der Waals surface area contributed by atoms with E-state index >= 15 is 0 Å². The Labute approximate surface area is 129 Å². The van der Waals surface area contributed by atoms with Gasteiger partial charge in [-0.25, -0.2) is 8.42 Å². The van der Waals surface area contributed by atoms with Crippen LogP contribution < -0.4 is 15.4 Å². The summed E-state index contributed by atoms with van der Waals surface area (Å²) in [5.74, 6) is 0. The molecule has 2 rings (SSSR count). The fourth-order valence-electron chi connectivity index (χ4n) is 1.83. The summed E-state index contributed by atoms with van der Waals surface area (Å²) in [6.45, 7) is 0.512. The maximum absolute atomic E-state index is 12.4. The molecule has 2 aromatic rings. The van der Waals surface area contributed by atoms with Crippen molar-refractivity contribution in [2.45, 2.75) is 10.6 Å². The summed E-state index contributed by atoms with van der Waals surface area (Å²) in [7, 11) is 0.273. The Balaban J connectivity index is 2.22. The molecule has 5 nitrogen and oxygen atoms in total. The highest BCUT2D eigenvalue weighted by Gasteiger charge is 2.17. The Hall–Kier alpha value is -1.57. The zero-order valence-corrected chi connectivity index (χ0v) is 13.7. The second kappa shape index (κ2) is 6.46. The summed E-state index contributed by atoms with van der Waals surface area (Å²) in [6.07, 6.45) is 0.691. The van der Waals surface area contributed by atoms with Crippen LogP contribution in [0.1, 0.15) is 4.88 Å². The summed E-state index contributed by atoms with van der Waals surface area (Å²) in [6, 6.07) is 10.7. The van der Waals surface area contributed by atoms with Crippen molar-refractivity contribution < 1.29 is 8.42 Å². The molecule has 7 heteroatoms. The molecule has 21 heavy (non-hydrogen) atoms. The zero-order chi connectivity index (χ0) is 15.5. The quantitative estimate of drug-likeness (QED) is 0.853. The molecule has 0 saturated heterocycles. The third-order valence-electron chi connectivity index (χ3n) is 2.91. The Morgan fingerprint density at radius 2 is 2.00 bits per heavy atom. The van der Waals surface area contributed by atoms with Gasteiger partial charge >= 0.3 is 0 Å². The minimum Gasteiger partial charge on any atom is -0.378 e. The van der Waals surface area contributed by atoms with Gasteiger partial charge in [0, 0.05) is 24.7 Å². The van der Waals surface area contributed by atoms with Crippen LogP contribution in [0.4, 0.5) is 11.4 Å². The van der Waals surface area contributed by atoms with Crippen LogP contribution in [0.3, 0.4) is 0 Å². The lowest BCUT2D eigenvalue weighted by atomic mass is 10.3. The first kappa shape index (κ1) is 15.8. The molecule has 0 saturated carbocycles. The van der Waals surface area contributed by atoms with Gasteiger partial charge in [-0.2, -0.15) is 0 Å². The molecule has 0 aliphatic heterocycles. The fraction of sp³-hybridized carbons (Fsp3) is 0.286. The standard InChI is InChI=1S/C14H19N3O2S2/c1-17(2)12-5-3-4-11(10-12)16-21(18,19)14-7-6-13(20-14)8-9-15/h3-7,10,16H,8-9,15H2,1-2H3. The van der Waals surface area contributed by atoms with Crippen molar-refractivity contribution >= 4 is 32.7 Å². The molecule has 0 aliphatic carbocycles. The number of nitrogens with zero attached hydrogens (tertiary/aromatic N) is 1. The van der Waals surface area contributed by atoms with Gasteiger partial charge in [0.1, 0.15) is 4.21 Å². The van der Waals surface area contributed by atoms with E-state index in [1.165, 1.54) is 11.3 Å². The van der Waals surface area contributed by atoms with Gasteiger partial charge in [-0.05, 0) is 43.3 Å². The van der Waals surface area contributed by atoms with Crippen LogP contribution in [-0.4, -0.2) is 29.1 Å². The van der Waals surface area contributed by atoms with Crippen LogP contribution in [0, 0.1) is 0 Å². The Morgan fingerprint density at radius 3 is 2.67 bits per heavy atom. The highest BCUT2D eigenvalue weighted by Crippen LogP contribution is 2.25. The lowest BCUT2D eigenvalue weighted by Gasteiger charge is -2.14. The monoisotopic (exact) mass is 325 g/mol. The van der Waals surface area contributed by atoms with Crippen LogP contribution >= 0.6 is 11.3 Å². The van der Waals surface area contributed by atoms with Crippen molar-refractivity contribution in [3.05, 3.63) is 41.3 Å². The molecule has 3 N–H and O–H groups in total. The van der Waals surface area contributed by atoms with E-state index in [1.54, 1.807) is 18.2 Å². The molecule has 1 heterocycles. The number of nitrogens with two attached hydrogens (primary N) is 1. The molecular weight excluding hydrogens is 306 g/mol. The zero-order valence-electron chi connectivity index (χ0n) is 12.0. The van der Waals surface area contributed by atoms with Gasteiger partial charge in [-0.1, -0.05) is 6.07 Å². The van der Waals surface area contributed by atoms with Crippen molar-refractivity contribution in [2.24, 2.45) is 5.73 Å². The van der Waals surface area contributed by atoms with Gasteiger partial charge in [-0.3, -0.25) is 4.72 Å². The van der Waals surface area contributed by atoms with Crippen LogP contribution in [0.2, 0.25) is 0 Å². The molecule has 0 aliphatic rings. The molecule has 0 radical (unpaired) electrons. The molecule has 114 valence electrons. The van der Waals surface area contributed by atoms with Crippen LogP contribution in [0.15, 0.2) is 40.6 Å². The molecule has 0 fully saturated rings. The topological polar surface area (TPSA) is 75.4 Å². The molecule has 0 atom stereocenters. The maximum Gasteiger partial charge on any atom is 0.271 e. The first-order valence-corrected chi connectivity index (χ1v) is 8.81. The Bertz CT molecular complexity index is 709. The van der Waals surface area contributed by atoms with Crippen molar-refractivity contribution in [2.75, 3.05) is 30.3 Å². The fourth-order valence-corrected chi connectivity index (χ4v) is 4.25. The third kappa shape index (κ3) is 3.96. The van der Waals surface area contributed by atoms with Crippen LogP contribution in [-0.2, 0) is 16.4 Å². The van der Waals surface area contributed by atoms with E-state index in [0.717, 1.165) is 10.6 Å². The van der Waals surface area contributed by atoms with Crippen molar-refractivity contribution in [1.82, 2.24) is 0 Å². The summed E-state index contributed by atoms with van der Waals surface area (Å²) in [5.41, 5.74) is 6.97. The summed E-state index contributed by atoms with van der Waals surface area (Å²) >= 11 is 1.25. The van der Waals surface area contributed by atoms with Gasteiger partial charge in [-0.15, -0.1) is 11.3 Å². The number of benzene rings is 1. The third-order valence-corrected chi connectivity index (χ3v) is 5.93. The van der Waals surface area contributed by atoms with E-state index in [9.17, 15) is 8.42 Å². The van der Waals surface area contributed by atoms with E-state index in [4.69, 9.17) is 5.73 Å². The number of hydrogen-bond acceptors (Lipinski definition) is 5. The largest absolute Gasteiger partial charge is 0.378 e. The van der Waals surface area contributed by atoms with Crippen LogP contribution in [0.25, 0.3) is 0 Å². The highest BCUT2D eigenvalue weighted by atomic mass is 32.2. The summed E-state index contributed by atoms with van der Waals surface area (Å²) in [5, 5.41) is 0. The van der Waals surface area contributed by atoms with Crippen molar-refractivity contribution in [1.29, 1.82) is 0 Å². The predicted molar refractivity (Wildman–Crippen MR) is 88.7 cm³/mol. The van der Waals surface area contributed by atoms with Crippen molar-refractivity contribution in [3.8, 4) is 0 Å². The number of anilines is 2. The molecule has 0 unspecified atom stereocenters. The number of rotatable bonds is 6. The minimum absolute atomic E-state index is 0.307. The number of sulfonamides is 1. The lowest BCUT2D eigenvalue weighted by molar-refractivity contribution is 0.603. The Morgan fingerprint density at radius 1 is 1.24 bits per heavy atom. The molecule has 0 bridgehead atoms. The number of hydrogen-bond donors (Lipinski definition) is 2. The smallest absolute Gasteiger partial charge is 0.271 e. The van der Waals surface area contributed by atoms with Gasteiger partial charge in [0.15, 0.2) is 0 Å². The van der Waals surface area contributed by atoms with E-state index in [0.29, 0.717) is 22.9 Å². The highest BCUT2D eigenvalue weighted by molar-refractivity contribution is 7.94. The van der Waals surface area contributed by atoms with Gasteiger partial charge in [0.05, 0.1) is 5.69 Å². The first-order valence-electron chi connectivity index (χ1n) is 6.51. The average molecular weight is 325 g/mol. The minimum atomic E-state index is -3.54. The predicted octanol–water partition coefficient (Wildman–Crippen LogP) is 2.12. The molecule has 1 aromatic heterocycles.